The average molecular weight is 635 g/mol. The Kier molecular flexibility index (Phi) is 7.93. The van der Waals surface area contributed by atoms with E-state index in [-0.39, 0.29) is 21.3 Å². The first kappa shape index (κ1) is 28.2. The predicted octanol–water partition coefficient (Wildman–Crippen LogP) is 6.90. The van der Waals surface area contributed by atoms with E-state index < -0.39 is 28.4 Å². The van der Waals surface area contributed by atoms with Gasteiger partial charge in [-0.05, 0) is 49.2 Å². The molecule has 3 heterocycles. The second-order valence-electron chi connectivity index (χ2n) is 8.54. The van der Waals surface area contributed by atoms with Crippen LogP contribution in [-0.4, -0.2) is 36.9 Å². The third-order valence-electron chi connectivity index (χ3n) is 5.95. The quantitative estimate of drug-likeness (QED) is 0.0721. The van der Waals surface area contributed by atoms with Gasteiger partial charge in [-0.1, -0.05) is 52.4 Å². The zero-order valence-electron chi connectivity index (χ0n) is 20.6. The topological polar surface area (TPSA) is 139 Å². The monoisotopic (exact) mass is 633 g/mol. The molecular weight excluding hydrogens is 617 g/mol. The van der Waals surface area contributed by atoms with Gasteiger partial charge in [0.2, 0.25) is 10.9 Å². The molecule has 15 heteroatoms. The molecule has 1 amide bonds. The molecule has 4 aromatic rings. The van der Waals surface area contributed by atoms with Crippen LogP contribution in [0.25, 0.3) is 0 Å². The lowest BCUT2D eigenvalue weighted by Crippen LogP contribution is -2.31. The largest absolute Gasteiger partial charge is 0.503 e. The van der Waals surface area contributed by atoms with Crippen molar-refractivity contribution in [2.24, 2.45) is 0 Å². The van der Waals surface area contributed by atoms with Crippen LogP contribution in [0.2, 0.25) is 10.0 Å². The van der Waals surface area contributed by atoms with Gasteiger partial charge in [-0.3, -0.25) is 24.6 Å². The number of halogens is 2. The molecule has 0 saturated heterocycles. The van der Waals surface area contributed by atoms with Crippen LogP contribution >= 0.6 is 57.6 Å². The van der Waals surface area contributed by atoms with Crippen molar-refractivity contribution in [1.29, 1.82) is 0 Å². The van der Waals surface area contributed by atoms with Crippen molar-refractivity contribution in [1.82, 2.24) is 15.2 Å². The van der Waals surface area contributed by atoms with Gasteiger partial charge in [-0.2, -0.15) is 0 Å². The number of benzene rings is 2. The minimum Gasteiger partial charge on any atom is -0.503 e. The number of thioether (sulfide) groups is 1. The van der Waals surface area contributed by atoms with E-state index in [0.717, 1.165) is 28.2 Å². The highest BCUT2D eigenvalue weighted by atomic mass is 35.5. The third kappa shape index (κ3) is 5.34. The molecule has 2 aromatic carbocycles. The highest BCUT2D eigenvalue weighted by Gasteiger charge is 2.46. The van der Waals surface area contributed by atoms with Crippen molar-refractivity contribution in [2.45, 2.75) is 30.0 Å². The number of non-ortho nitro benzene ring substituents is 1. The molecule has 0 radical (unpaired) electrons. The van der Waals surface area contributed by atoms with E-state index in [0.29, 0.717) is 36.4 Å². The van der Waals surface area contributed by atoms with Gasteiger partial charge in [-0.25, -0.2) is 4.98 Å². The minimum atomic E-state index is -1.10. The van der Waals surface area contributed by atoms with Gasteiger partial charge < -0.3 is 5.11 Å². The average Bonchev–Trinajstić information content (AvgIpc) is 3.59. The van der Waals surface area contributed by atoms with Crippen molar-refractivity contribution < 1.29 is 19.6 Å². The van der Waals surface area contributed by atoms with Crippen molar-refractivity contribution in [3.63, 3.8) is 0 Å². The number of aliphatic hydroxyl groups excluding tert-OH is 1. The second-order valence-corrected chi connectivity index (χ2v) is 12.8. The number of ketones is 1. The van der Waals surface area contributed by atoms with Gasteiger partial charge in [-0.15, -0.1) is 21.5 Å². The summed E-state index contributed by atoms with van der Waals surface area (Å²) in [4.78, 5) is 43.6. The first-order chi connectivity index (χ1) is 19.0. The van der Waals surface area contributed by atoms with E-state index in [4.69, 9.17) is 23.2 Å². The Balaban J connectivity index is 1.51. The van der Waals surface area contributed by atoms with Gasteiger partial charge in [0.1, 0.15) is 0 Å². The summed E-state index contributed by atoms with van der Waals surface area (Å²) in [6, 6.07) is 9.51. The molecule has 0 bridgehead atoms. The minimum absolute atomic E-state index is 0.143. The Morgan fingerprint density at radius 3 is 2.50 bits per heavy atom. The number of aliphatic hydroxyl groups is 1. The summed E-state index contributed by atoms with van der Waals surface area (Å²) < 4.78 is 0.518. The number of nitro benzene ring substituents is 1. The Hall–Kier alpha value is -3.36. The lowest BCUT2D eigenvalue weighted by molar-refractivity contribution is -0.384. The van der Waals surface area contributed by atoms with Crippen LogP contribution in [0.5, 0.6) is 0 Å². The number of rotatable bonds is 8. The Bertz CT molecular complexity index is 1700. The molecule has 2 aromatic heterocycles. The maximum atomic E-state index is 13.7. The second kappa shape index (κ2) is 11.3. The number of hydrogen-bond donors (Lipinski definition) is 1. The van der Waals surface area contributed by atoms with Gasteiger partial charge in [0, 0.05) is 27.9 Å². The SMILES string of the molecule is Cc1nc(C)c(C(=O)C2=C(O)C(=O)N(c3nnc(SCc4ccc(Cl)cc4Cl)s3)C2c2ccc([N+](=O)[O-])cc2)s1. The normalized spacial score (nSPS) is 15.2. The van der Waals surface area contributed by atoms with E-state index >= 15 is 0 Å². The molecule has 0 spiro atoms. The number of anilines is 1. The van der Waals surface area contributed by atoms with Crippen LogP contribution in [-0.2, 0) is 10.5 Å². The van der Waals surface area contributed by atoms with Crippen LogP contribution in [0.15, 0.2) is 58.1 Å². The first-order valence-corrected chi connectivity index (χ1v) is 14.8. The van der Waals surface area contributed by atoms with E-state index in [1.165, 1.54) is 40.9 Å². The zero-order valence-corrected chi connectivity index (χ0v) is 24.6. The molecule has 1 N–H and O–H groups in total. The van der Waals surface area contributed by atoms with Crippen LogP contribution in [0.3, 0.4) is 0 Å². The maximum absolute atomic E-state index is 13.7. The van der Waals surface area contributed by atoms with Gasteiger partial charge >= 0.3 is 0 Å². The van der Waals surface area contributed by atoms with Crippen molar-refractivity contribution >= 4 is 80.1 Å². The molecule has 10 nitrogen and oxygen atoms in total. The zero-order chi connectivity index (χ0) is 28.7. The van der Waals surface area contributed by atoms with E-state index in [1.807, 2.05) is 0 Å². The fourth-order valence-corrected chi connectivity index (χ4v) is 7.43. The third-order valence-corrected chi connectivity index (χ3v) is 9.71. The predicted molar refractivity (Wildman–Crippen MR) is 155 cm³/mol. The molecular formula is C25H17Cl2N5O5S3. The number of carbonyl (C=O) groups excluding carboxylic acids is 2. The standard InChI is InChI=1S/C25H17Cl2N5O5S3/c1-11-22(39-12(2)28-11)20(33)18-19(13-4-7-16(8-5-13)32(36)37)31(23(35)21(18)34)24-29-30-25(40-24)38-10-14-3-6-15(26)9-17(14)27/h3-9,19,34H,10H2,1-2H3. The first-order valence-electron chi connectivity index (χ1n) is 11.4. The Morgan fingerprint density at radius 1 is 1.15 bits per heavy atom. The molecule has 0 fully saturated rings. The van der Waals surface area contributed by atoms with Crippen LogP contribution in [0, 0.1) is 24.0 Å². The molecule has 0 saturated carbocycles. The molecule has 1 aliphatic rings. The van der Waals surface area contributed by atoms with Crippen molar-refractivity contribution in [3.8, 4) is 0 Å². The van der Waals surface area contributed by atoms with Crippen molar-refractivity contribution in [3.05, 3.63) is 101 Å². The number of carbonyl (C=O) groups is 2. The number of nitro groups is 1. The maximum Gasteiger partial charge on any atom is 0.296 e. The summed E-state index contributed by atoms with van der Waals surface area (Å²) in [6.45, 7) is 3.42. The Labute approximate surface area is 249 Å². The number of hydrogen-bond acceptors (Lipinski definition) is 11. The molecule has 1 aliphatic heterocycles. The van der Waals surface area contributed by atoms with Crippen molar-refractivity contribution in [2.75, 3.05) is 4.90 Å². The summed E-state index contributed by atoms with van der Waals surface area (Å²) >= 11 is 15.8. The van der Waals surface area contributed by atoms with Crippen LogP contribution in [0.4, 0.5) is 10.8 Å². The number of aryl methyl sites for hydroxylation is 2. The highest BCUT2D eigenvalue weighted by Crippen LogP contribution is 2.45. The van der Waals surface area contributed by atoms with Crippen LogP contribution < -0.4 is 4.90 Å². The summed E-state index contributed by atoms with van der Waals surface area (Å²) in [5.41, 5.74) is 1.35. The molecule has 1 atom stereocenters. The van der Waals surface area contributed by atoms with E-state index in [9.17, 15) is 24.8 Å². The van der Waals surface area contributed by atoms with E-state index in [2.05, 4.69) is 15.2 Å². The van der Waals surface area contributed by atoms with Gasteiger partial charge in [0.05, 0.1) is 32.1 Å². The molecule has 0 aliphatic carbocycles. The lowest BCUT2D eigenvalue weighted by Gasteiger charge is -2.23. The molecule has 5 rings (SSSR count). The number of nitrogens with zero attached hydrogens (tertiary/aromatic N) is 5. The Morgan fingerprint density at radius 2 is 1.88 bits per heavy atom. The van der Waals surface area contributed by atoms with Gasteiger partial charge in [0.25, 0.3) is 11.6 Å². The highest BCUT2D eigenvalue weighted by molar-refractivity contribution is 8.00. The molecule has 1 unspecified atom stereocenters. The summed E-state index contributed by atoms with van der Waals surface area (Å²) in [5.74, 6) is -1.66. The van der Waals surface area contributed by atoms with Crippen LogP contribution in [0.1, 0.15) is 37.5 Å². The summed E-state index contributed by atoms with van der Waals surface area (Å²) in [7, 11) is 0. The van der Waals surface area contributed by atoms with Gasteiger partial charge in [0.15, 0.2) is 10.1 Å². The number of aromatic nitrogens is 3. The molecule has 40 heavy (non-hydrogen) atoms. The fourth-order valence-electron chi connectivity index (χ4n) is 4.13. The number of thiazole rings is 1. The fraction of sp³-hybridized carbons (Fsp3) is 0.160. The lowest BCUT2D eigenvalue weighted by atomic mass is 9.95. The molecule has 204 valence electrons. The number of amides is 1. The van der Waals surface area contributed by atoms with E-state index in [1.54, 1.807) is 32.0 Å². The summed E-state index contributed by atoms with van der Waals surface area (Å²) in [5, 5.41) is 32.4. The smallest absolute Gasteiger partial charge is 0.296 e. The summed E-state index contributed by atoms with van der Waals surface area (Å²) in [6.07, 6.45) is 0. The number of Topliss-reactive ketones (excluding diaryl/α,β-unsaturated/α-hetero) is 1.